The average Bonchev–Trinajstić information content (AvgIpc) is 3.24. The van der Waals surface area contributed by atoms with Crippen LogP contribution in [0.4, 0.5) is 0 Å². The van der Waals surface area contributed by atoms with Gasteiger partial charge in [-0.1, -0.05) is 56.3 Å². The molecule has 3 rings (SSSR count). The third-order valence-electron chi connectivity index (χ3n) is 6.71. The summed E-state index contributed by atoms with van der Waals surface area (Å²) in [4.78, 5) is 0. The lowest BCUT2D eigenvalue weighted by Crippen LogP contribution is -2.57. The highest BCUT2D eigenvalue weighted by atomic mass is 16.7. The Bertz CT molecular complexity index is 870. The Kier molecular flexibility index (Phi) is 9.09. The maximum absolute atomic E-state index is 11.1. The number of rotatable bonds is 11. The standard InChI is InChI=1S/C27H38O7/c1-17(15-32-16-20-9-7-6-8-10-20)24(28)27(4,30)25(29)18(2)23-19(3)33-26(34-23)21-11-13-22(31-5)14-12-21/h6-14,17-19,23-26,28-30H,15-16H2,1-5H3/t17-,18-,19-,23-,24-,25+,26?,27+/m0/s1. The van der Waals surface area contributed by atoms with Crippen LogP contribution in [0.15, 0.2) is 54.6 Å². The minimum Gasteiger partial charge on any atom is -0.497 e. The first-order valence-electron chi connectivity index (χ1n) is 11.8. The Balaban J connectivity index is 1.57. The van der Waals surface area contributed by atoms with Crippen LogP contribution in [0, 0.1) is 11.8 Å². The number of methoxy groups -OCH3 is 1. The van der Waals surface area contributed by atoms with E-state index >= 15 is 0 Å². The number of ether oxygens (including phenoxy) is 4. The maximum atomic E-state index is 11.1. The van der Waals surface area contributed by atoms with E-state index in [0.29, 0.717) is 6.61 Å². The molecule has 0 aromatic heterocycles. The summed E-state index contributed by atoms with van der Waals surface area (Å²) in [7, 11) is 1.61. The molecule has 1 aliphatic rings. The Labute approximate surface area is 202 Å². The lowest BCUT2D eigenvalue weighted by molar-refractivity contribution is -0.183. The summed E-state index contributed by atoms with van der Waals surface area (Å²) in [6, 6.07) is 17.2. The second-order valence-corrected chi connectivity index (χ2v) is 9.50. The van der Waals surface area contributed by atoms with Gasteiger partial charge in [0.2, 0.25) is 0 Å². The summed E-state index contributed by atoms with van der Waals surface area (Å²) in [6.07, 6.45) is -3.80. The smallest absolute Gasteiger partial charge is 0.184 e. The normalized spacial score (nSPS) is 25.8. The highest BCUT2D eigenvalue weighted by Crippen LogP contribution is 2.38. The molecule has 0 amide bonds. The van der Waals surface area contributed by atoms with Crippen molar-refractivity contribution in [2.75, 3.05) is 13.7 Å². The Morgan fingerprint density at radius 3 is 2.24 bits per heavy atom. The van der Waals surface area contributed by atoms with E-state index in [1.54, 1.807) is 21.0 Å². The van der Waals surface area contributed by atoms with Crippen molar-refractivity contribution in [1.29, 1.82) is 0 Å². The van der Waals surface area contributed by atoms with E-state index in [1.165, 1.54) is 6.92 Å². The quantitative estimate of drug-likeness (QED) is 0.459. The molecule has 34 heavy (non-hydrogen) atoms. The number of hydrogen-bond donors (Lipinski definition) is 3. The fourth-order valence-corrected chi connectivity index (χ4v) is 4.52. The van der Waals surface area contributed by atoms with Crippen LogP contribution < -0.4 is 4.74 Å². The number of benzene rings is 2. The zero-order valence-corrected chi connectivity index (χ0v) is 20.6. The van der Waals surface area contributed by atoms with Gasteiger partial charge in [0, 0.05) is 17.4 Å². The summed E-state index contributed by atoms with van der Waals surface area (Å²) in [5.74, 6) is -0.159. The SMILES string of the molecule is COc1ccc(C2O[C@@H]([C@H](C)[C@@H](O)[C@](C)(O)[C@@H](O)[C@@H](C)COCc3ccccc3)[C@H](C)O2)cc1. The molecule has 2 aromatic rings. The molecule has 7 nitrogen and oxygen atoms in total. The van der Waals surface area contributed by atoms with Crippen LogP contribution in [0.2, 0.25) is 0 Å². The molecule has 1 saturated heterocycles. The molecule has 8 atom stereocenters. The van der Waals surface area contributed by atoms with Crippen molar-refractivity contribution in [2.45, 2.75) is 70.6 Å². The Morgan fingerprint density at radius 2 is 1.62 bits per heavy atom. The van der Waals surface area contributed by atoms with Crippen molar-refractivity contribution in [3.05, 3.63) is 65.7 Å². The molecule has 1 fully saturated rings. The second kappa shape index (κ2) is 11.6. The van der Waals surface area contributed by atoms with E-state index in [1.807, 2.05) is 61.5 Å². The van der Waals surface area contributed by atoms with E-state index in [0.717, 1.165) is 16.9 Å². The van der Waals surface area contributed by atoms with Gasteiger partial charge in [-0.15, -0.1) is 0 Å². The predicted molar refractivity (Wildman–Crippen MR) is 128 cm³/mol. The Hall–Kier alpha value is -2.00. The zero-order chi connectivity index (χ0) is 24.9. The van der Waals surface area contributed by atoms with Gasteiger partial charge in [0.05, 0.1) is 44.7 Å². The van der Waals surface area contributed by atoms with Crippen molar-refractivity contribution in [3.63, 3.8) is 0 Å². The largest absolute Gasteiger partial charge is 0.497 e. The monoisotopic (exact) mass is 474 g/mol. The second-order valence-electron chi connectivity index (χ2n) is 9.50. The van der Waals surface area contributed by atoms with Crippen molar-refractivity contribution in [3.8, 4) is 5.75 Å². The van der Waals surface area contributed by atoms with Crippen molar-refractivity contribution in [1.82, 2.24) is 0 Å². The van der Waals surface area contributed by atoms with Crippen LogP contribution in [0.25, 0.3) is 0 Å². The van der Waals surface area contributed by atoms with Crippen molar-refractivity contribution in [2.24, 2.45) is 11.8 Å². The minimum absolute atomic E-state index is 0.242. The third kappa shape index (κ3) is 6.16. The third-order valence-corrected chi connectivity index (χ3v) is 6.71. The summed E-state index contributed by atoms with van der Waals surface area (Å²) in [5, 5.41) is 33.1. The van der Waals surface area contributed by atoms with Gasteiger partial charge in [0.15, 0.2) is 6.29 Å². The topological polar surface area (TPSA) is 97.6 Å². The van der Waals surface area contributed by atoms with Crippen LogP contribution in [-0.2, 0) is 20.8 Å². The lowest BCUT2D eigenvalue weighted by atomic mass is 9.78. The number of aliphatic hydroxyl groups is 3. The molecule has 1 unspecified atom stereocenters. The molecular formula is C27H38O7. The van der Waals surface area contributed by atoms with Crippen molar-refractivity contribution >= 4 is 0 Å². The van der Waals surface area contributed by atoms with Gasteiger partial charge >= 0.3 is 0 Å². The highest BCUT2D eigenvalue weighted by Gasteiger charge is 2.48. The molecule has 1 heterocycles. The number of aliphatic hydroxyl groups excluding tert-OH is 2. The van der Waals surface area contributed by atoms with Gasteiger partial charge in [0.1, 0.15) is 11.4 Å². The summed E-state index contributed by atoms with van der Waals surface area (Å²) in [5.41, 5.74) is 0.104. The van der Waals surface area contributed by atoms with Gasteiger partial charge in [0.25, 0.3) is 0 Å². The van der Waals surface area contributed by atoms with Gasteiger partial charge in [-0.25, -0.2) is 0 Å². The van der Waals surface area contributed by atoms with Crippen LogP contribution in [0.1, 0.15) is 45.1 Å². The zero-order valence-electron chi connectivity index (χ0n) is 20.6. The van der Waals surface area contributed by atoms with Crippen LogP contribution in [0.5, 0.6) is 5.75 Å². The summed E-state index contributed by atoms with van der Waals surface area (Å²) in [6.45, 7) is 7.57. The van der Waals surface area contributed by atoms with E-state index in [4.69, 9.17) is 18.9 Å². The number of hydrogen-bond acceptors (Lipinski definition) is 7. The predicted octanol–water partition coefficient (Wildman–Crippen LogP) is 3.46. The summed E-state index contributed by atoms with van der Waals surface area (Å²) < 4.78 is 23.0. The highest BCUT2D eigenvalue weighted by molar-refractivity contribution is 5.28. The molecule has 0 saturated carbocycles. The molecular weight excluding hydrogens is 436 g/mol. The molecule has 0 spiro atoms. The van der Waals surface area contributed by atoms with Crippen LogP contribution in [-0.4, -0.2) is 59.1 Å². The fraction of sp³-hybridized carbons (Fsp3) is 0.556. The van der Waals surface area contributed by atoms with Crippen LogP contribution >= 0.6 is 0 Å². The van der Waals surface area contributed by atoms with Crippen LogP contribution in [0.3, 0.4) is 0 Å². The van der Waals surface area contributed by atoms with E-state index < -0.39 is 42.0 Å². The first-order chi connectivity index (χ1) is 16.1. The summed E-state index contributed by atoms with van der Waals surface area (Å²) >= 11 is 0. The molecule has 1 aliphatic heterocycles. The van der Waals surface area contributed by atoms with E-state index in [-0.39, 0.29) is 12.7 Å². The van der Waals surface area contributed by atoms with Gasteiger partial charge in [-0.2, -0.15) is 0 Å². The first kappa shape index (κ1) is 26.6. The molecule has 0 bridgehead atoms. The molecule has 2 aromatic carbocycles. The lowest BCUT2D eigenvalue weighted by Gasteiger charge is -2.40. The molecule has 0 aliphatic carbocycles. The maximum Gasteiger partial charge on any atom is 0.184 e. The molecule has 7 heteroatoms. The Morgan fingerprint density at radius 1 is 0.971 bits per heavy atom. The fourth-order valence-electron chi connectivity index (χ4n) is 4.52. The molecule has 0 radical (unpaired) electrons. The average molecular weight is 475 g/mol. The van der Waals surface area contributed by atoms with Gasteiger partial charge < -0.3 is 34.3 Å². The van der Waals surface area contributed by atoms with Crippen molar-refractivity contribution < 1.29 is 34.3 Å². The van der Waals surface area contributed by atoms with E-state index in [2.05, 4.69) is 0 Å². The van der Waals surface area contributed by atoms with E-state index in [9.17, 15) is 15.3 Å². The first-order valence-corrected chi connectivity index (χ1v) is 11.8. The van der Waals surface area contributed by atoms with Gasteiger partial charge in [-0.05, 0) is 31.5 Å². The minimum atomic E-state index is -1.77. The molecule has 188 valence electrons. The molecule has 3 N–H and O–H groups in total. The van der Waals surface area contributed by atoms with Gasteiger partial charge in [-0.3, -0.25) is 0 Å².